The zero-order valence-corrected chi connectivity index (χ0v) is 11.0. The molecule has 1 N–H and O–H groups in total. The summed E-state index contributed by atoms with van der Waals surface area (Å²) in [5.41, 5.74) is 1.55. The number of nitrogens with one attached hydrogen (secondary N) is 1. The first kappa shape index (κ1) is 13.5. The number of nitrogens with zero attached hydrogens (tertiary/aromatic N) is 2. The van der Waals surface area contributed by atoms with Crippen LogP contribution in [0.2, 0.25) is 0 Å². The van der Waals surface area contributed by atoms with Gasteiger partial charge in [-0.3, -0.25) is 10.1 Å². The van der Waals surface area contributed by atoms with Crippen molar-refractivity contribution in [2.24, 2.45) is 0 Å². The molecule has 1 aromatic rings. The van der Waals surface area contributed by atoms with Crippen molar-refractivity contribution in [3.8, 4) is 0 Å². The first-order chi connectivity index (χ1) is 9.25. The molecular formula is C14H19N3O2. The highest BCUT2D eigenvalue weighted by Gasteiger charge is 2.05. The summed E-state index contributed by atoms with van der Waals surface area (Å²) in [6.45, 7) is 0.830. The maximum atomic E-state index is 10.5. The molecule has 1 aromatic heterocycles. The quantitative estimate of drug-likeness (QED) is 0.498. The second-order valence-corrected chi connectivity index (χ2v) is 4.80. The van der Waals surface area contributed by atoms with Crippen molar-refractivity contribution in [2.45, 2.75) is 38.5 Å². The molecule has 0 bridgehead atoms. The van der Waals surface area contributed by atoms with E-state index in [4.69, 9.17) is 0 Å². The highest BCUT2D eigenvalue weighted by molar-refractivity contribution is 5.40. The minimum atomic E-state index is -0.437. The Morgan fingerprint density at radius 2 is 2.21 bits per heavy atom. The minimum Gasteiger partial charge on any atom is -0.370 e. The van der Waals surface area contributed by atoms with Gasteiger partial charge in [-0.05, 0) is 38.2 Å². The Balaban J connectivity index is 1.78. The van der Waals surface area contributed by atoms with Crippen LogP contribution in [0.4, 0.5) is 11.5 Å². The van der Waals surface area contributed by atoms with Crippen LogP contribution in [0.15, 0.2) is 30.0 Å². The van der Waals surface area contributed by atoms with Gasteiger partial charge in [-0.1, -0.05) is 18.1 Å². The van der Waals surface area contributed by atoms with Gasteiger partial charge in [-0.25, -0.2) is 4.98 Å². The average Bonchev–Trinajstić information content (AvgIpc) is 2.68. The number of pyridine rings is 1. The number of hydrogen-bond donors (Lipinski definition) is 1. The Morgan fingerprint density at radius 1 is 1.32 bits per heavy atom. The third kappa shape index (κ3) is 4.35. The van der Waals surface area contributed by atoms with E-state index in [2.05, 4.69) is 16.4 Å². The van der Waals surface area contributed by atoms with E-state index in [1.807, 2.05) is 0 Å². The van der Waals surface area contributed by atoms with Gasteiger partial charge < -0.3 is 5.32 Å². The lowest BCUT2D eigenvalue weighted by atomic mass is 10.1. The van der Waals surface area contributed by atoms with Crippen LogP contribution < -0.4 is 5.32 Å². The Hall–Kier alpha value is -1.91. The number of nitro groups is 1. The summed E-state index contributed by atoms with van der Waals surface area (Å²) in [6, 6.07) is 3.12. The van der Waals surface area contributed by atoms with E-state index < -0.39 is 4.92 Å². The molecular weight excluding hydrogens is 242 g/mol. The number of anilines is 1. The van der Waals surface area contributed by atoms with Crippen LogP contribution in [0.5, 0.6) is 0 Å². The van der Waals surface area contributed by atoms with Crippen molar-refractivity contribution in [1.29, 1.82) is 0 Å². The molecule has 102 valence electrons. The molecule has 5 nitrogen and oxygen atoms in total. The van der Waals surface area contributed by atoms with E-state index in [1.165, 1.54) is 49.9 Å². The fourth-order valence-electron chi connectivity index (χ4n) is 2.26. The van der Waals surface area contributed by atoms with Gasteiger partial charge in [0.1, 0.15) is 12.0 Å². The fourth-order valence-corrected chi connectivity index (χ4v) is 2.26. The second kappa shape index (κ2) is 6.87. The average molecular weight is 261 g/mol. The predicted octanol–water partition coefficient (Wildman–Crippen LogP) is 3.68. The van der Waals surface area contributed by atoms with Crippen LogP contribution in [-0.4, -0.2) is 16.5 Å². The van der Waals surface area contributed by atoms with Crippen molar-refractivity contribution in [2.75, 3.05) is 11.9 Å². The van der Waals surface area contributed by atoms with E-state index in [-0.39, 0.29) is 5.69 Å². The number of allylic oxidation sites excluding steroid dienone is 1. The normalized spacial score (nSPS) is 15.5. The Bertz CT molecular complexity index is 454. The molecule has 2 rings (SSSR count). The number of rotatable bonds is 5. The zero-order chi connectivity index (χ0) is 13.5. The molecule has 5 heteroatoms. The maximum absolute atomic E-state index is 10.5. The summed E-state index contributed by atoms with van der Waals surface area (Å²) >= 11 is 0. The van der Waals surface area contributed by atoms with Crippen molar-refractivity contribution in [3.63, 3.8) is 0 Å². The SMILES string of the molecule is O=[N+]([O-])c1ccc(NCCC2=CCCCCC2)nc1. The van der Waals surface area contributed by atoms with E-state index >= 15 is 0 Å². The lowest BCUT2D eigenvalue weighted by molar-refractivity contribution is -0.385. The van der Waals surface area contributed by atoms with Gasteiger partial charge in [0.05, 0.1) is 4.92 Å². The van der Waals surface area contributed by atoms with Crippen molar-refractivity contribution >= 4 is 11.5 Å². The third-order valence-corrected chi connectivity index (χ3v) is 3.35. The third-order valence-electron chi connectivity index (χ3n) is 3.35. The van der Waals surface area contributed by atoms with Crippen LogP contribution in [-0.2, 0) is 0 Å². The molecule has 0 saturated heterocycles. The molecule has 1 aliphatic rings. The molecule has 0 radical (unpaired) electrons. The zero-order valence-electron chi connectivity index (χ0n) is 11.0. The Morgan fingerprint density at radius 3 is 2.95 bits per heavy atom. The molecule has 0 amide bonds. The topological polar surface area (TPSA) is 68.1 Å². The second-order valence-electron chi connectivity index (χ2n) is 4.80. The monoisotopic (exact) mass is 261 g/mol. The number of hydrogen-bond acceptors (Lipinski definition) is 4. The molecule has 0 aromatic carbocycles. The smallest absolute Gasteiger partial charge is 0.287 e. The summed E-state index contributed by atoms with van der Waals surface area (Å²) in [4.78, 5) is 14.1. The van der Waals surface area contributed by atoms with E-state index in [9.17, 15) is 10.1 Å². The van der Waals surface area contributed by atoms with Crippen LogP contribution in [0.25, 0.3) is 0 Å². The maximum Gasteiger partial charge on any atom is 0.287 e. The number of aromatic nitrogens is 1. The highest BCUT2D eigenvalue weighted by atomic mass is 16.6. The first-order valence-corrected chi connectivity index (χ1v) is 6.78. The predicted molar refractivity (Wildman–Crippen MR) is 75.2 cm³/mol. The summed E-state index contributed by atoms with van der Waals surface area (Å²) in [7, 11) is 0. The molecule has 19 heavy (non-hydrogen) atoms. The molecule has 0 fully saturated rings. The lowest BCUT2D eigenvalue weighted by Crippen LogP contribution is -2.04. The molecule has 0 spiro atoms. The summed E-state index contributed by atoms with van der Waals surface area (Å²) in [5, 5.41) is 13.7. The van der Waals surface area contributed by atoms with Crippen molar-refractivity contribution < 1.29 is 4.92 Å². The molecule has 0 aliphatic heterocycles. The van der Waals surface area contributed by atoms with Crippen LogP contribution in [0, 0.1) is 10.1 Å². The standard InChI is InChI=1S/C14H19N3O2/c18-17(19)13-7-8-14(16-11-13)15-10-9-12-5-3-1-2-4-6-12/h5,7-8,11H,1-4,6,9-10H2,(H,15,16). The molecule has 1 aliphatic carbocycles. The Kier molecular flexibility index (Phi) is 4.89. The summed E-state index contributed by atoms with van der Waals surface area (Å²) in [5.74, 6) is 0.694. The van der Waals surface area contributed by atoms with Gasteiger partial charge >= 0.3 is 0 Å². The van der Waals surface area contributed by atoms with Gasteiger partial charge in [0.15, 0.2) is 0 Å². The van der Waals surface area contributed by atoms with Crippen molar-refractivity contribution in [1.82, 2.24) is 4.98 Å². The van der Waals surface area contributed by atoms with Gasteiger partial charge in [0.2, 0.25) is 0 Å². The van der Waals surface area contributed by atoms with Crippen LogP contribution in [0.1, 0.15) is 38.5 Å². The molecule has 1 heterocycles. The largest absolute Gasteiger partial charge is 0.370 e. The van der Waals surface area contributed by atoms with E-state index in [0.717, 1.165) is 13.0 Å². The van der Waals surface area contributed by atoms with E-state index in [0.29, 0.717) is 5.82 Å². The summed E-state index contributed by atoms with van der Waals surface area (Å²) < 4.78 is 0. The molecule has 0 atom stereocenters. The van der Waals surface area contributed by atoms with E-state index in [1.54, 1.807) is 6.07 Å². The fraction of sp³-hybridized carbons (Fsp3) is 0.500. The van der Waals surface area contributed by atoms with Gasteiger partial charge in [-0.15, -0.1) is 0 Å². The van der Waals surface area contributed by atoms with Gasteiger partial charge in [0, 0.05) is 12.6 Å². The van der Waals surface area contributed by atoms with Crippen LogP contribution in [0.3, 0.4) is 0 Å². The minimum absolute atomic E-state index is 0.0250. The molecule has 0 saturated carbocycles. The highest BCUT2D eigenvalue weighted by Crippen LogP contribution is 2.19. The lowest BCUT2D eigenvalue weighted by Gasteiger charge is -2.07. The van der Waals surface area contributed by atoms with Crippen LogP contribution >= 0.6 is 0 Å². The van der Waals surface area contributed by atoms with Gasteiger partial charge in [0.25, 0.3) is 5.69 Å². The van der Waals surface area contributed by atoms with Crippen molar-refractivity contribution in [3.05, 3.63) is 40.1 Å². The summed E-state index contributed by atoms with van der Waals surface area (Å²) in [6.07, 6.45) is 11.0. The first-order valence-electron chi connectivity index (χ1n) is 6.78. The van der Waals surface area contributed by atoms with Gasteiger partial charge in [-0.2, -0.15) is 0 Å². The molecule has 0 unspecified atom stereocenters. The Labute approximate surface area is 112 Å².